The van der Waals surface area contributed by atoms with Gasteiger partial charge in [-0.1, -0.05) is 60.7 Å². The van der Waals surface area contributed by atoms with Crippen LogP contribution >= 0.6 is 0 Å². The lowest BCUT2D eigenvalue weighted by Gasteiger charge is -2.46. The normalized spacial score (nSPS) is 21.8. The largest absolute Gasteiger partial charge is 0.396 e. The van der Waals surface area contributed by atoms with Gasteiger partial charge in [-0.3, -0.25) is 4.79 Å². The number of ether oxygens (including phenoxy) is 2. The zero-order valence-electron chi connectivity index (χ0n) is 17.6. The van der Waals surface area contributed by atoms with Gasteiger partial charge < -0.3 is 19.9 Å². The number of benzene rings is 2. The number of hydrogen-bond acceptors (Lipinski definition) is 4. The topological polar surface area (TPSA) is 67.8 Å². The molecule has 1 aliphatic carbocycles. The number of carbonyl (C=O) groups excluding carboxylic acids is 1. The zero-order chi connectivity index (χ0) is 21.1. The van der Waals surface area contributed by atoms with Crippen molar-refractivity contribution in [3.05, 3.63) is 71.8 Å². The molecule has 1 spiro atoms. The summed E-state index contributed by atoms with van der Waals surface area (Å²) in [4.78, 5) is 13.7. The molecule has 160 valence electrons. The van der Waals surface area contributed by atoms with E-state index >= 15 is 0 Å². The number of nitrogens with one attached hydrogen (secondary N) is 1. The third-order valence-corrected chi connectivity index (χ3v) is 6.88. The van der Waals surface area contributed by atoms with Crippen molar-refractivity contribution in [2.75, 3.05) is 19.8 Å². The summed E-state index contributed by atoms with van der Waals surface area (Å²) < 4.78 is 11.8. The summed E-state index contributed by atoms with van der Waals surface area (Å²) in [5.74, 6) is -0.563. The van der Waals surface area contributed by atoms with E-state index in [0.29, 0.717) is 19.6 Å². The molecular weight excluding hydrogens is 378 g/mol. The predicted octanol–water partition coefficient (Wildman–Crippen LogP) is 3.66. The lowest BCUT2D eigenvalue weighted by molar-refractivity contribution is -0.188. The number of rotatable bonds is 6. The fraction of sp³-hybridized carbons (Fsp3) is 0.480. The highest BCUT2D eigenvalue weighted by molar-refractivity contribution is 5.88. The molecule has 1 atom stereocenters. The number of aliphatic hydroxyl groups excluding tert-OH is 1. The summed E-state index contributed by atoms with van der Waals surface area (Å²) in [5, 5.41) is 13.1. The highest BCUT2D eigenvalue weighted by Crippen LogP contribution is 2.45. The van der Waals surface area contributed by atoms with Gasteiger partial charge in [0.2, 0.25) is 5.91 Å². The minimum absolute atomic E-state index is 0.0536. The molecule has 30 heavy (non-hydrogen) atoms. The average molecular weight is 410 g/mol. The molecule has 1 saturated heterocycles. The van der Waals surface area contributed by atoms with Gasteiger partial charge >= 0.3 is 0 Å². The summed E-state index contributed by atoms with van der Waals surface area (Å²) >= 11 is 0. The number of aliphatic hydroxyl groups is 1. The zero-order valence-corrected chi connectivity index (χ0v) is 17.6. The van der Waals surface area contributed by atoms with Crippen LogP contribution in [0, 0.1) is 0 Å². The monoisotopic (exact) mass is 409 g/mol. The van der Waals surface area contributed by atoms with Gasteiger partial charge in [0.15, 0.2) is 5.79 Å². The Morgan fingerprint density at radius 2 is 1.53 bits per heavy atom. The average Bonchev–Trinajstić information content (AvgIpc) is 3.25. The molecule has 5 heteroatoms. The van der Waals surface area contributed by atoms with Crippen LogP contribution in [0.15, 0.2) is 60.7 Å². The minimum Gasteiger partial charge on any atom is -0.396 e. The fourth-order valence-electron chi connectivity index (χ4n) is 4.86. The summed E-state index contributed by atoms with van der Waals surface area (Å²) in [6.45, 7) is 3.13. The van der Waals surface area contributed by atoms with Crippen molar-refractivity contribution in [3.8, 4) is 0 Å². The first-order chi connectivity index (χ1) is 14.5. The Morgan fingerprint density at radius 3 is 2.10 bits per heavy atom. The highest BCUT2D eigenvalue weighted by atomic mass is 16.7. The van der Waals surface area contributed by atoms with Crippen molar-refractivity contribution in [2.45, 2.75) is 55.8 Å². The van der Waals surface area contributed by atoms with Crippen LogP contribution in [0.4, 0.5) is 0 Å². The third kappa shape index (κ3) is 3.89. The van der Waals surface area contributed by atoms with E-state index in [2.05, 4.69) is 17.4 Å². The number of carbonyl (C=O) groups is 1. The molecule has 5 nitrogen and oxygen atoms in total. The van der Waals surface area contributed by atoms with Crippen LogP contribution < -0.4 is 5.32 Å². The molecule has 0 aromatic heterocycles. The van der Waals surface area contributed by atoms with Gasteiger partial charge in [0.25, 0.3) is 0 Å². The highest BCUT2D eigenvalue weighted by Gasteiger charge is 2.49. The Hall–Kier alpha value is -2.21. The molecule has 1 heterocycles. The van der Waals surface area contributed by atoms with Crippen LogP contribution in [0.3, 0.4) is 0 Å². The molecule has 4 rings (SSSR count). The first-order valence-electron chi connectivity index (χ1n) is 10.8. The van der Waals surface area contributed by atoms with E-state index < -0.39 is 16.7 Å². The van der Waals surface area contributed by atoms with Gasteiger partial charge in [0, 0.05) is 19.4 Å². The summed E-state index contributed by atoms with van der Waals surface area (Å²) in [6, 6.07) is 19.9. The van der Waals surface area contributed by atoms with Crippen LogP contribution in [-0.4, -0.2) is 36.6 Å². The minimum atomic E-state index is -0.812. The SMILES string of the molecule is CC(CCO)(C(=O)NC1(c2ccccc2)CCC2(CC1)OCCO2)c1ccccc1. The van der Waals surface area contributed by atoms with Gasteiger partial charge in [0.05, 0.1) is 24.2 Å². The maximum absolute atomic E-state index is 13.7. The molecule has 2 fully saturated rings. The van der Waals surface area contributed by atoms with Gasteiger partial charge in [-0.2, -0.15) is 0 Å². The second-order valence-corrected chi connectivity index (χ2v) is 8.68. The van der Waals surface area contributed by atoms with Gasteiger partial charge in [-0.15, -0.1) is 0 Å². The smallest absolute Gasteiger partial charge is 0.231 e. The van der Waals surface area contributed by atoms with Gasteiger partial charge in [-0.25, -0.2) is 0 Å². The van der Waals surface area contributed by atoms with E-state index in [1.807, 2.05) is 55.5 Å². The quantitative estimate of drug-likeness (QED) is 0.764. The molecule has 1 amide bonds. The molecule has 0 radical (unpaired) electrons. The lowest BCUT2D eigenvalue weighted by Crippen LogP contribution is -2.56. The molecule has 1 unspecified atom stereocenters. The van der Waals surface area contributed by atoms with Crippen LogP contribution in [0.25, 0.3) is 0 Å². The van der Waals surface area contributed by atoms with Crippen LogP contribution in [0.1, 0.15) is 50.2 Å². The van der Waals surface area contributed by atoms with E-state index in [9.17, 15) is 9.90 Å². The van der Waals surface area contributed by atoms with E-state index in [-0.39, 0.29) is 12.5 Å². The Labute approximate surface area is 178 Å². The van der Waals surface area contributed by atoms with Crippen molar-refractivity contribution in [1.82, 2.24) is 5.32 Å². The third-order valence-electron chi connectivity index (χ3n) is 6.88. The molecule has 2 aromatic carbocycles. The van der Waals surface area contributed by atoms with E-state index in [1.54, 1.807) is 0 Å². The molecule has 0 bridgehead atoms. The maximum Gasteiger partial charge on any atom is 0.231 e. The van der Waals surface area contributed by atoms with Crippen LogP contribution in [-0.2, 0) is 25.2 Å². The van der Waals surface area contributed by atoms with Crippen molar-refractivity contribution in [3.63, 3.8) is 0 Å². The van der Waals surface area contributed by atoms with E-state index in [0.717, 1.165) is 36.8 Å². The second-order valence-electron chi connectivity index (χ2n) is 8.68. The lowest BCUT2D eigenvalue weighted by atomic mass is 9.72. The molecule has 2 N–H and O–H groups in total. The molecule has 2 aromatic rings. The van der Waals surface area contributed by atoms with E-state index in [1.165, 1.54) is 0 Å². The number of amides is 1. The molecule has 1 saturated carbocycles. The van der Waals surface area contributed by atoms with Crippen molar-refractivity contribution in [2.24, 2.45) is 0 Å². The van der Waals surface area contributed by atoms with Crippen molar-refractivity contribution < 1.29 is 19.4 Å². The summed E-state index contributed by atoms with van der Waals surface area (Å²) in [6.07, 6.45) is 3.33. The van der Waals surface area contributed by atoms with Gasteiger partial charge in [-0.05, 0) is 37.3 Å². The van der Waals surface area contributed by atoms with Gasteiger partial charge in [0.1, 0.15) is 0 Å². The number of hydrogen-bond donors (Lipinski definition) is 2. The first-order valence-corrected chi connectivity index (χ1v) is 10.8. The predicted molar refractivity (Wildman–Crippen MR) is 115 cm³/mol. The van der Waals surface area contributed by atoms with E-state index in [4.69, 9.17) is 9.47 Å². The maximum atomic E-state index is 13.7. The molecule has 1 aliphatic heterocycles. The Kier molecular flexibility index (Phi) is 5.96. The fourth-order valence-corrected chi connectivity index (χ4v) is 4.86. The standard InChI is InChI=1S/C25H31NO4/c1-23(16-17-27,20-8-4-2-5-9-20)22(28)26-24(21-10-6-3-7-11-21)12-14-25(15-13-24)29-18-19-30-25/h2-11,27H,12-19H2,1H3,(H,26,28). The van der Waals surface area contributed by atoms with Crippen molar-refractivity contribution >= 4 is 5.91 Å². The van der Waals surface area contributed by atoms with Crippen molar-refractivity contribution in [1.29, 1.82) is 0 Å². The first kappa shape index (κ1) is 21.0. The summed E-state index contributed by atoms with van der Waals surface area (Å²) in [7, 11) is 0. The second kappa shape index (κ2) is 8.50. The summed E-state index contributed by atoms with van der Waals surface area (Å²) in [5.41, 5.74) is 0.720. The molecular formula is C25H31NO4. The Morgan fingerprint density at radius 1 is 0.967 bits per heavy atom. The van der Waals surface area contributed by atoms with Crippen LogP contribution in [0.2, 0.25) is 0 Å². The molecule has 2 aliphatic rings. The Balaban J connectivity index is 1.64. The van der Waals surface area contributed by atoms with Crippen LogP contribution in [0.5, 0.6) is 0 Å². The Bertz CT molecular complexity index is 838.